The molecule has 2 rings (SSSR count). The normalized spacial score (nSPS) is 10.4. The summed E-state index contributed by atoms with van der Waals surface area (Å²) in [6.45, 7) is 2.10. The molecule has 19 heavy (non-hydrogen) atoms. The summed E-state index contributed by atoms with van der Waals surface area (Å²) in [7, 11) is 0. The maximum absolute atomic E-state index is 10.9. The number of carboxylic acids is 1. The largest absolute Gasteiger partial charge is 0.478 e. The summed E-state index contributed by atoms with van der Waals surface area (Å²) in [4.78, 5) is 12.0. The highest BCUT2D eigenvalue weighted by atomic mass is 79.9. The van der Waals surface area contributed by atoms with Crippen LogP contribution in [0.5, 0.6) is 0 Å². The Morgan fingerprint density at radius 1 is 1.26 bits per heavy atom. The van der Waals surface area contributed by atoms with Gasteiger partial charge in [0.15, 0.2) is 0 Å². The van der Waals surface area contributed by atoms with Gasteiger partial charge in [0.25, 0.3) is 0 Å². The van der Waals surface area contributed by atoms with E-state index in [9.17, 15) is 4.79 Å². The van der Waals surface area contributed by atoms with Gasteiger partial charge >= 0.3 is 5.97 Å². The molecule has 0 aliphatic rings. The molecule has 0 spiro atoms. The first-order chi connectivity index (χ1) is 9.08. The fourth-order valence-electron chi connectivity index (χ4n) is 1.69. The third kappa shape index (κ3) is 3.61. The van der Waals surface area contributed by atoms with Crippen LogP contribution in [0.1, 0.15) is 21.5 Å². The predicted octanol–water partition coefficient (Wildman–Crippen LogP) is 4.75. The van der Waals surface area contributed by atoms with E-state index in [1.807, 2.05) is 24.3 Å². The van der Waals surface area contributed by atoms with Crippen LogP contribution >= 0.6 is 27.7 Å². The average molecular weight is 337 g/mol. The molecular formula is C15H13BrO2S. The third-order valence-corrected chi connectivity index (χ3v) is 4.53. The summed E-state index contributed by atoms with van der Waals surface area (Å²) < 4.78 is 0.620. The van der Waals surface area contributed by atoms with Gasteiger partial charge in [0.1, 0.15) is 0 Å². The van der Waals surface area contributed by atoms with Gasteiger partial charge in [-0.15, -0.1) is 11.8 Å². The molecule has 2 aromatic carbocycles. The van der Waals surface area contributed by atoms with Gasteiger partial charge < -0.3 is 5.11 Å². The van der Waals surface area contributed by atoms with Gasteiger partial charge in [-0.3, -0.25) is 0 Å². The van der Waals surface area contributed by atoms with Crippen LogP contribution in [0.3, 0.4) is 0 Å². The first-order valence-corrected chi connectivity index (χ1v) is 7.56. The lowest BCUT2D eigenvalue weighted by atomic mass is 10.1. The van der Waals surface area contributed by atoms with E-state index in [0.717, 1.165) is 10.6 Å². The molecule has 0 unspecified atom stereocenters. The Kier molecular flexibility index (Phi) is 4.66. The second kappa shape index (κ2) is 6.26. The van der Waals surface area contributed by atoms with E-state index in [0.29, 0.717) is 10.0 Å². The number of rotatable bonds is 4. The Balaban J connectivity index is 2.11. The molecule has 1 N–H and O–H groups in total. The summed E-state index contributed by atoms with van der Waals surface area (Å²) in [5.74, 6) is -0.0340. The monoisotopic (exact) mass is 336 g/mol. The van der Waals surface area contributed by atoms with E-state index in [-0.39, 0.29) is 0 Å². The number of hydrogen-bond donors (Lipinski definition) is 1. The molecule has 2 nitrogen and oxygen atoms in total. The second-order valence-corrected chi connectivity index (χ2v) is 6.07. The van der Waals surface area contributed by atoms with E-state index in [1.54, 1.807) is 17.8 Å². The van der Waals surface area contributed by atoms with Gasteiger partial charge in [0, 0.05) is 15.1 Å². The number of aryl methyl sites for hydroxylation is 1. The van der Waals surface area contributed by atoms with Gasteiger partial charge in [0.2, 0.25) is 0 Å². The molecule has 0 aromatic heterocycles. The number of benzene rings is 2. The summed E-state index contributed by atoms with van der Waals surface area (Å²) in [5, 5.41) is 8.96. The Morgan fingerprint density at radius 2 is 2.00 bits per heavy atom. The Bertz CT molecular complexity index is 611. The first kappa shape index (κ1) is 14.2. The number of hydrogen-bond acceptors (Lipinski definition) is 2. The van der Waals surface area contributed by atoms with Crippen LogP contribution in [-0.2, 0) is 5.75 Å². The van der Waals surface area contributed by atoms with Crippen molar-refractivity contribution in [1.29, 1.82) is 0 Å². The lowest BCUT2D eigenvalue weighted by Crippen LogP contribution is -1.97. The van der Waals surface area contributed by atoms with Gasteiger partial charge in [-0.2, -0.15) is 0 Å². The van der Waals surface area contributed by atoms with Crippen LogP contribution in [0.4, 0.5) is 0 Å². The van der Waals surface area contributed by atoms with Crippen molar-refractivity contribution in [1.82, 2.24) is 0 Å². The Labute approximate surface area is 125 Å². The van der Waals surface area contributed by atoms with Gasteiger partial charge in [-0.25, -0.2) is 4.79 Å². The van der Waals surface area contributed by atoms with E-state index in [4.69, 9.17) is 5.11 Å². The molecule has 98 valence electrons. The number of thioether (sulfide) groups is 1. The number of halogens is 1. The van der Waals surface area contributed by atoms with Crippen molar-refractivity contribution in [3.8, 4) is 0 Å². The molecule has 0 radical (unpaired) electrons. The standard InChI is InChI=1S/C15H13BrO2S/c1-10-4-2-3-5-11(10)9-19-12-6-7-13(15(17)18)14(16)8-12/h2-8H,9H2,1H3,(H,17,18). The van der Waals surface area contributed by atoms with Gasteiger partial charge in [0.05, 0.1) is 5.56 Å². The van der Waals surface area contributed by atoms with E-state index in [1.165, 1.54) is 11.1 Å². The van der Waals surface area contributed by atoms with Crippen molar-refractivity contribution in [2.75, 3.05) is 0 Å². The highest BCUT2D eigenvalue weighted by molar-refractivity contribution is 9.10. The van der Waals surface area contributed by atoms with Gasteiger partial charge in [-0.1, -0.05) is 24.3 Å². The fourth-order valence-corrected chi connectivity index (χ4v) is 3.40. The van der Waals surface area contributed by atoms with Crippen molar-refractivity contribution in [3.63, 3.8) is 0 Å². The smallest absolute Gasteiger partial charge is 0.336 e. The fraction of sp³-hybridized carbons (Fsp3) is 0.133. The van der Waals surface area contributed by atoms with E-state index in [2.05, 4.69) is 35.0 Å². The molecule has 2 aromatic rings. The van der Waals surface area contributed by atoms with Crippen molar-refractivity contribution < 1.29 is 9.90 Å². The molecule has 4 heteroatoms. The SMILES string of the molecule is Cc1ccccc1CSc1ccc(C(=O)O)c(Br)c1. The van der Waals surface area contributed by atoms with Crippen molar-refractivity contribution in [3.05, 3.63) is 63.6 Å². The maximum atomic E-state index is 10.9. The Hall–Kier alpha value is -1.26. The van der Waals surface area contributed by atoms with Crippen molar-refractivity contribution in [2.24, 2.45) is 0 Å². The molecule has 0 heterocycles. The zero-order valence-corrected chi connectivity index (χ0v) is 12.8. The highest BCUT2D eigenvalue weighted by Crippen LogP contribution is 2.28. The summed E-state index contributed by atoms with van der Waals surface area (Å²) in [6, 6.07) is 13.6. The summed E-state index contributed by atoms with van der Waals surface area (Å²) in [6.07, 6.45) is 0. The molecule has 0 bridgehead atoms. The van der Waals surface area contributed by atoms with E-state index < -0.39 is 5.97 Å². The molecule has 0 fully saturated rings. The highest BCUT2D eigenvalue weighted by Gasteiger charge is 2.08. The minimum absolute atomic E-state index is 0.292. The maximum Gasteiger partial charge on any atom is 0.336 e. The van der Waals surface area contributed by atoms with Gasteiger partial charge in [-0.05, 0) is 52.2 Å². The van der Waals surface area contributed by atoms with Crippen molar-refractivity contribution >= 4 is 33.7 Å². The molecule has 0 atom stereocenters. The molecular weight excluding hydrogens is 324 g/mol. The molecule has 0 saturated heterocycles. The minimum Gasteiger partial charge on any atom is -0.478 e. The van der Waals surface area contributed by atoms with Crippen LogP contribution in [0, 0.1) is 6.92 Å². The number of carbonyl (C=O) groups is 1. The Morgan fingerprint density at radius 3 is 2.63 bits per heavy atom. The average Bonchev–Trinajstić information content (AvgIpc) is 2.37. The molecule has 0 saturated carbocycles. The zero-order valence-electron chi connectivity index (χ0n) is 10.4. The van der Waals surface area contributed by atoms with Crippen LogP contribution in [0.15, 0.2) is 51.8 Å². The zero-order chi connectivity index (χ0) is 13.8. The quantitative estimate of drug-likeness (QED) is 0.818. The number of carboxylic acid groups (broad SMARTS) is 1. The topological polar surface area (TPSA) is 37.3 Å². The summed E-state index contributed by atoms with van der Waals surface area (Å²) in [5.41, 5.74) is 2.86. The third-order valence-electron chi connectivity index (χ3n) is 2.83. The number of aromatic carboxylic acids is 1. The molecule has 0 amide bonds. The minimum atomic E-state index is -0.915. The predicted molar refractivity (Wildman–Crippen MR) is 81.8 cm³/mol. The molecule has 0 aliphatic heterocycles. The van der Waals surface area contributed by atoms with Crippen molar-refractivity contribution in [2.45, 2.75) is 17.6 Å². The lowest BCUT2D eigenvalue weighted by Gasteiger charge is -2.07. The second-order valence-electron chi connectivity index (χ2n) is 4.16. The van der Waals surface area contributed by atoms with E-state index >= 15 is 0 Å². The van der Waals surface area contributed by atoms with Crippen LogP contribution in [0.25, 0.3) is 0 Å². The van der Waals surface area contributed by atoms with Crippen LogP contribution < -0.4 is 0 Å². The van der Waals surface area contributed by atoms with Crippen LogP contribution in [-0.4, -0.2) is 11.1 Å². The molecule has 0 aliphatic carbocycles. The lowest BCUT2D eigenvalue weighted by molar-refractivity contribution is 0.0696. The first-order valence-electron chi connectivity index (χ1n) is 5.78. The van der Waals surface area contributed by atoms with Crippen LogP contribution in [0.2, 0.25) is 0 Å². The summed E-state index contributed by atoms with van der Waals surface area (Å²) >= 11 is 4.99.